The van der Waals surface area contributed by atoms with Crippen molar-refractivity contribution in [2.24, 2.45) is 0 Å². The van der Waals surface area contributed by atoms with Crippen molar-refractivity contribution >= 4 is 65.8 Å². The molecule has 0 fully saturated rings. The number of pyridine rings is 1. The third-order valence-corrected chi connectivity index (χ3v) is 11.6. The molecule has 4 heteroatoms. The zero-order chi connectivity index (χ0) is 41.3. The van der Waals surface area contributed by atoms with Crippen LogP contribution in [-0.2, 0) is 0 Å². The van der Waals surface area contributed by atoms with E-state index in [0.29, 0.717) is 0 Å². The average molecular weight is 781 g/mol. The molecule has 0 unspecified atom stereocenters. The number of aromatic nitrogens is 1. The first-order chi connectivity index (χ1) is 30.0. The second kappa shape index (κ2) is 15.9. The molecule has 1 aromatic heterocycles. The van der Waals surface area contributed by atoms with Gasteiger partial charge in [-0.05, 0) is 118 Å². The van der Waals surface area contributed by atoms with Gasteiger partial charge in [0.15, 0.2) is 0 Å². The van der Waals surface area contributed by atoms with Crippen LogP contribution in [0.4, 0.5) is 5.69 Å². The summed E-state index contributed by atoms with van der Waals surface area (Å²) in [5.41, 5.74) is 18.7. The summed E-state index contributed by atoms with van der Waals surface area (Å²) in [6.45, 7) is 0. The first kappa shape index (κ1) is 37.1. The number of benzene rings is 9. The molecule has 0 spiro atoms. The highest BCUT2D eigenvalue weighted by Crippen LogP contribution is 2.44. The van der Waals surface area contributed by atoms with Gasteiger partial charge in [-0.1, -0.05) is 176 Å². The predicted octanol–water partition coefficient (Wildman–Crippen LogP) is 14.6. The minimum absolute atomic E-state index is 0.240. The zero-order valence-electron chi connectivity index (χ0n) is 33.3. The number of hydrogen-bond acceptors (Lipinski definition) is 4. The van der Waals surface area contributed by atoms with Gasteiger partial charge in [-0.15, -0.1) is 0 Å². The minimum Gasteiger partial charge on any atom is -0.399 e. The highest BCUT2D eigenvalue weighted by Gasteiger charge is 2.18. The van der Waals surface area contributed by atoms with Crippen LogP contribution in [0.2, 0.25) is 0 Å². The third-order valence-electron chi connectivity index (χ3n) is 11.6. The molecule has 10 aromatic rings. The van der Waals surface area contributed by atoms with Gasteiger partial charge in [-0.2, -0.15) is 0 Å². The summed E-state index contributed by atoms with van der Waals surface area (Å²) in [7, 11) is 0. The molecular formula is C57H40N4. The molecule has 9 aromatic carbocycles. The van der Waals surface area contributed by atoms with Crippen LogP contribution >= 0.6 is 0 Å². The van der Waals surface area contributed by atoms with Crippen LogP contribution in [0.25, 0.3) is 93.2 Å². The SMILES string of the molecule is N=C1C=CC(c2ccc3c(-c4ccccc4)c4ccccc4c(-c4ccccc4)c3c2)=CC1=N.Nc1ccc(-c2ccc(-c3cncc4ccccc34)c3ccccc23)cc1. The molecule has 4 N–H and O–H groups in total. The highest BCUT2D eigenvalue weighted by atomic mass is 14.6. The Morgan fingerprint density at radius 2 is 0.885 bits per heavy atom. The summed E-state index contributed by atoms with van der Waals surface area (Å²) in [4.78, 5) is 4.47. The maximum Gasteiger partial charge on any atom is 0.0795 e. The first-order valence-corrected chi connectivity index (χ1v) is 20.4. The molecule has 0 saturated heterocycles. The lowest BCUT2D eigenvalue weighted by Gasteiger charge is -2.19. The van der Waals surface area contributed by atoms with Crippen LogP contribution in [0.5, 0.6) is 0 Å². The van der Waals surface area contributed by atoms with Gasteiger partial charge < -0.3 is 5.73 Å². The number of nitrogens with zero attached hydrogens (tertiary/aromatic N) is 1. The van der Waals surface area contributed by atoms with Crippen LogP contribution in [0.1, 0.15) is 5.56 Å². The maximum absolute atomic E-state index is 8.12. The Labute approximate surface area is 354 Å². The number of nitrogen functional groups attached to an aromatic ring is 1. The third kappa shape index (κ3) is 6.96. The van der Waals surface area contributed by atoms with Crippen molar-refractivity contribution < 1.29 is 0 Å². The van der Waals surface area contributed by atoms with E-state index >= 15 is 0 Å². The molecule has 0 amide bonds. The van der Waals surface area contributed by atoms with Gasteiger partial charge in [-0.3, -0.25) is 15.8 Å². The van der Waals surface area contributed by atoms with Crippen molar-refractivity contribution in [3.8, 4) is 44.5 Å². The van der Waals surface area contributed by atoms with E-state index in [2.05, 4.69) is 181 Å². The lowest BCUT2D eigenvalue weighted by atomic mass is 9.84. The molecule has 11 rings (SSSR count). The Balaban J connectivity index is 0.000000150. The van der Waals surface area contributed by atoms with Gasteiger partial charge in [0.25, 0.3) is 0 Å². The van der Waals surface area contributed by atoms with Gasteiger partial charge >= 0.3 is 0 Å². The van der Waals surface area contributed by atoms with Gasteiger partial charge in [0.2, 0.25) is 0 Å². The fraction of sp³-hybridized carbons (Fsp3) is 0. The minimum atomic E-state index is 0.240. The summed E-state index contributed by atoms with van der Waals surface area (Å²) >= 11 is 0. The molecule has 0 bridgehead atoms. The number of nitrogens with one attached hydrogen (secondary N) is 2. The standard InChI is InChI=1S/C32H22N2.C25H18N2/c33-29-18-16-24(20-30(29)34)23-15-17-27-28(19-23)32(22-11-5-2-6-12-22)26-14-8-7-13-25(26)31(27)21-9-3-1-4-10-21;26-19-11-9-17(10-12-19)21-13-14-24(23-8-4-3-7-22(21)23)25-16-27-15-18-5-1-2-6-20(18)25/h1-20,33-34H;1-16H,26H2. The van der Waals surface area contributed by atoms with Crippen molar-refractivity contribution in [3.05, 3.63) is 224 Å². The van der Waals surface area contributed by atoms with E-state index < -0.39 is 0 Å². The second-order valence-electron chi connectivity index (χ2n) is 15.3. The summed E-state index contributed by atoms with van der Waals surface area (Å²) in [5.74, 6) is 0. The molecular weight excluding hydrogens is 741 g/mol. The Morgan fingerprint density at radius 1 is 0.361 bits per heavy atom. The largest absolute Gasteiger partial charge is 0.399 e. The van der Waals surface area contributed by atoms with Crippen LogP contribution < -0.4 is 5.73 Å². The number of allylic oxidation sites excluding steroid dienone is 4. The van der Waals surface area contributed by atoms with E-state index in [1.54, 1.807) is 12.2 Å². The Hall–Kier alpha value is -8.21. The monoisotopic (exact) mass is 780 g/mol. The van der Waals surface area contributed by atoms with Gasteiger partial charge in [-0.25, -0.2) is 0 Å². The molecule has 0 aliphatic heterocycles. The van der Waals surface area contributed by atoms with E-state index in [9.17, 15) is 0 Å². The van der Waals surface area contributed by atoms with E-state index in [0.717, 1.165) is 27.8 Å². The maximum atomic E-state index is 8.12. The predicted molar refractivity (Wildman–Crippen MR) is 259 cm³/mol. The van der Waals surface area contributed by atoms with Crippen LogP contribution in [0.3, 0.4) is 0 Å². The van der Waals surface area contributed by atoms with Crippen LogP contribution in [0.15, 0.2) is 219 Å². The van der Waals surface area contributed by atoms with Crippen molar-refractivity contribution in [2.45, 2.75) is 0 Å². The van der Waals surface area contributed by atoms with Gasteiger partial charge in [0, 0.05) is 29.0 Å². The summed E-state index contributed by atoms with van der Waals surface area (Å²) in [6.07, 6.45) is 9.31. The molecule has 1 aliphatic carbocycles. The van der Waals surface area contributed by atoms with Crippen LogP contribution in [0, 0.1) is 10.8 Å². The normalized spacial score (nSPS) is 12.4. The molecule has 4 nitrogen and oxygen atoms in total. The quantitative estimate of drug-likeness (QED) is 0.0923. The molecule has 0 radical (unpaired) electrons. The molecule has 1 aliphatic rings. The number of fused-ring (bicyclic) bond motifs is 4. The fourth-order valence-corrected chi connectivity index (χ4v) is 8.69. The summed E-state index contributed by atoms with van der Waals surface area (Å²) in [6, 6.07) is 65.8. The van der Waals surface area contributed by atoms with Gasteiger partial charge in [0.1, 0.15) is 0 Å². The molecule has 0 atom stereocenters. The Morgan fingerprint density at radius 3 is 1.54 bits per heavy atom. The van der Waals surface area contributed by atoms with Gasteiger partial charge in [0.05, 0.1) is 11.4 Å². The lowest BCUT2D eigenvalue weighted by molar-refractivity contribution is 1.36. The average Bonchev–Trinajstić information content (AvgIpc) is 3.32. The lowest BCUT2D eigenvalue weighted by Crippen LogP contribution is -2.09. The van der Waals surface area contributed by atoms with Crippen LogP contribution in [-0.4, -0.2) is 16.4 Å². The topological polar surface area (TPSA) is 86.6 Å². The smallest absolute Gasteiger partial charge is 0.0795 e. The van der Waals surface area contributed by atoms with E-state index in [1.807, 2.05) is 30.6 Å². The summed E-state index contributed by atoms with van der Waals surface area (Å²) in [5, 5.41) is 25.7. The number of hydrogen-bond donors (Lipinski definition) is 3. The van der Waals surface area contributed by atoms with Crippen molar-refractivity contribution in [1.29, 1.82) is 10.8 Å². The van der Waals surface area contributed by atoms with E-state index in [-0.39, 0.29) is 11.4 Å². The molecule has 0 saturated carbocycles. The molecule has 288 valence electrons. The zero-order valence-corrected chi connectivity index (χ0v) is 33.3. The molecule has 1 heterocycles. The van der Waals surface area contributed by atoms with Crippen molar-refractivity contribution in [1.82, 2.24) is 4.98 Å². The second-order valence-corrected chi connectivity index (χ2v) is 15.3. The molecule has 61 heavy (non-hydrogen) atoms. The summed E-state index contributed by atoms with van der Waals surface area (Å²) < 4.78 is 0. The Kier molecular flexibility index (Phi) is 9.64. The number of nitrogens with two attached hydrogens (primary N) is 1. The van der Waals surface area contributed by atoms with E-state index in [4.69, 9.17) is 16.6 Å². The number of anilines is 1. The first-order valence-electron chi connectivity index (χ1n) is 20.4. The number of rotatable bonds is 5. The fourth-order valence-electron chi connectivity index (χ4n) is 8.69. The Bertz CT molecular complexity index is 3380. The van der Waals surface area contributed by atoms with Crippen molar-refractivity contribution in [2.75, 3.05) is 5.73 Å². The highest BCUT2D eigenvalue weighted by molar-refractivity contribution is 6.50. The van der Waals surface area contributed by atoms with Crippen molar-refractivity contribution in [3.63, 3.8) is 0 Å². The van der Waals surface area contributed by atoms with E-state index in [1.165, 1.54) is 76.6 Å².